The molecule has 19 heavy (non-hydrogen) atoms. The van der Waals surface area contributed by atoms with Crippen molar-refractivity contribution in [2.24, 2.45) is 5.92 Å². The van der Waals surface area contributed by atoms with Crippen LogP contribution in [0.25, 0.3) is 0 Å². The van der Waals surface area contributed by atoms with Crippen LogP contribution in [-0.2, 0) is 15.1 Å². The molecule has 2 saturated heterocycles. The molecule has 1 N–H and O–H groups in total. The van der Waals surface area contributed by atoms with Gasteiger partial charge in [0, 0.05) is 33.2 Å². The van der Waals surface area contributed by atoms with Crippen molar-refractivity contribution < 1.29 is 14.0 Å². The van der Waals surface area contributed by atoms with E-state index in [2.05, 4.69) is 22.4 Å². The summed E-state index contributed by atoms with van der Waals surface area (Å²) >= 11 is 0. The van der Waals surface area contributed by atoms with Gasteiger partial charge in [-0.1, -0.05) is 12.1 Å². The molecule has 2 atom stereocenters. The summed E-state index contributed by atoms with van der Waals surface area (Å²) in [5.74, 6) is 1.87. The van der Waals surface area contributed by atoms with Gasteiger partial charge < -0.3 is 19.3 Å². The number of hydrogen-bond donors (Lipinski definition) is 1. The smallest absolute Gasteiger partial charge is 0.244 e. The molecule has 1 aromatic heterocycles. The van der Waals surface area contributed by atoms with Crippen LogP contribution in [0.4, 0.5) is 0 Å². The van der Waals surface area contributed by atoms with E-state index >= 15 is 0 Å². The molecule has 0 bridgehead atoms. The molecule has 0 aromatic carbocycles. The quantitative estimate of drug-likeness (QED) is 0.892. The number of nitrogens with one attached hydrogen (secondary N) is 1. The highest BCUT2D eigenvalue weighted by Gasteiger charge is 2.40. The fraction of sp³-hybridized carbons (Fsp3) is 0.846. The molecule has 2 aliphatic heterocycles. The van der Waals surface area contributed by atoms with Gasteiger partial charge in [0.15, 0.2) is 0 Å². The molecule has 0 saturated carbocycles. The van der Waals surface area contributed by atoms with Gasteiger partial charge >= 0.3 is 0 Å². The van der Waals surface area contributed by atoms with Gasteiger partial charge in [-0.3, -0.25) is 0 Å². The largest absolute Gasteiger partial charge is 0.381 e. The van der Waals surface area contributed by atoms with Crippen LogP contribution in [0, 0.1) is 5.92 Å². The van der Waals surface area contributed by atoms with Gasteiger partial charge in [-0.05, 0) is 18.9 Å². The van der Waals surface area contributed by atoms with Crippen molar-refractivity contribution in [3.8, 4) is 0 Å². The van der Waals surface area contributed by atoms with Crippen LogP contribution in [0.15, 0.2) is 4.52 Å². The summed E-state index contributed by atoms with van der Waals surface area (Å²) in [6.45, 7) is 4.56. The van der Waals surface area contributed by atoms with Gasteiger partial charge in [0.2, 0.25) is 11.7 Å². The van der Waals surface area contributed by atoms with Crippen LogP contribution in [0.2, 0.25) is 0 Å². The monoisotopic (exact) mass is 267 g/mol. The zero-order valence-corrected chi connectivity index (χ0v) is 11.5. The lowest BCUT2D eigenvalue weighted by atomic mass is 9.93. The summed E-state index contributed by atoms with van der Waals surface area (Å²) in [7, 11) is 1.71. The van der Waals surface area contributed by atoms with E-state index in [4.69, 9.17) is 14.0 Å². The molecule has 2 fully saturated rings. The lowest BCUT2D eigenvalue weighted by molar-refractivity contribution is -0.101. The molecular weight excluding hydrogens is 246 g/mol. The summed E-state index contributed by atoms with van der Waals surface area (Å²) in [6.07, 6.45) is 2.69. The number of nitrogens with zero attached hydrogens (tertiary/aromatic N) is 2. The first-order valence-corrected chi connectivity index (χ1v) is 6.95. The molecule has 2 unspecified atom stereocenters. The van der Waals surface area contributed by atoms with Crippen molar-refractivity contribution in [1.29, 1.82) is 0 Å². The minimum atomic E-state index is -0.443. The second-order valence-corrected chi connectivity index (χ2v) is 5.46. The van der Waals surface area contributed by atoms with Crippen molar-refractivity contribution in [1.82, 2.24) is 15.5 Å². The van der Waals surface area contributed by atoms with E-state index in [1.807, 2.05) is 0 Å². The Morgan fingerprint density at radius 2 is 2.16 bits per heavy atom. The van der Waals surface area contributed by atoms with E-state index < -0.39 is 5.60 Å². The zero-order chi connectivity index (χ0) is 13.3. The molecular formula is C13H21N3O3. The van der Waals surface area contributed by atoms with Gasteiger partial charge in [-0.25, -0.2) is 0 Å². The Labute approximate surface area is 112 Å². The van der Waals surface area contributed by atoms with E-state index in [-0.39, 0.29) is 6.04 Å². The first-order valence-electron chi connectivity index (χ1n) is 6.95. The molecule has 0 amide bonds. The average Bonchev–Trinajstić information content (AvgIpc) is 3.08. The molecule has 3 heterocycles. The molecule has 1 aromatic rings. The van der Waals surface area contributed by atoms with Crippen LogP contribution in [0.5, 0.6) is 0 Å². The Hall–Kier alpha value is -0.980. The van der Waals surface area contributed by atoms with Gasteiger partial charge in [0.25, 0.3) is 0 Å². The molecule has 6 nitrogen and oxygen atoms in total. The Balaban J connectivity index is 1.83. The van der Waals surface area contributed by atoms with Gasteiger partial charge in [-0.15, -0.1) is 0 Å². The van der Waals surface area contributed by atoms with E-state index in [9.17, 15) is 0 Å². The second-order valence-electron chi connectivity index (χ2n) is 5.46. The third-order valence-corrected chi connectivity index (χ3v) is 4.34. The number of aromatic nitrogens is 2. The molecule has 0 radical (unpaired) electrons. The van der Waals surface area contributed by atoms with Crippen molar-refractivity contribution in [3.05, 3.63) is 11.7 Å². The summed E-state index contributed by atoms with van der Waals surface area (Å²) in [6, 6.07) is 0.176. The Morgan fingerprint density at radius 3 is 2.79 bits per heavy atom. The standard InChI is InChI=1S/C13H21N3O3/c1-9-3-6-14-10(9)11-15-12(16-19-11)13(17-2)4-7-18-8-5-13/h9-10,14H,3-8H2,1-2H3. The molecule has 2 aliphatic rings. The van der Waals surface area contributed by atoms with Crippen LogP contribution in [0.3, 0.4) is 0 Å². The Bertz CT molecular complexity index is 429. The Kier molecular flexibility index (Phi) is 3.56. The summed E-state index contributed by atoms with van der Waals surface area (Å²) in [5, 5.41) is 7.56. The number of ether oxygens (including phenoxy) is 2. The summed E-state index contributed by atoms with van der Waals surface area (Å²) < 4.78 is 16.5. The first-order chi connectivity index (χ1) is 9.25. The Morgan fingerprint density at radius 1 is 1.37 bits per heavy atom. The van der Waals surface area contributed by atoms with Gasteiger partial charge in [0.05, 0.1) is 6.04 Å². The maximum Gasteiger partial charge on any atom is 0.244 e. The minimum Gasteiger partial charge on any atom is -0.381 e. The second kappa shape index (κ2) is 5.19. The van der Waals surface area contributed by atoms with Crippen molar-refractivity contribution in [3.63, 3.8) is 0 Å². The zero-order valence-electron chi connectivity index (χ0n) is 11.5. The van der Waals surface area contributed by atoms with E-state index in [0.29, 0.717) is 30.8 Å². The van der Waals surface area contributed by atoms with Crippen LogP contribution < -0.4 is 5.32 Å². The maximum absolute atomic E-state index is 5.68. The molecule has 0 aliphatic carbocycles. The molecule has 0 spiro atoms. The van der Waals surface area contributed by atoms with E-state index in [0.717, 1.165) is 25.8 Å². The van der Waals surface area contributed by atoms with Crippen molar-refractivity contribution in [2.75, 3.05) is 26.9 Å². The highest BCUT2D eigenvalue weighted by molar-refractivity contribution is 5.06. The van der Waals surface area contributed by atoms with E-state index in [1.54, 1.807) is 7.11 Å². The fourth-order valence-electron chi connectivity index (χ4n) is 2.93. The van der Waals surface area contributed by atoms with Gasteiger partial charge in [0.1, 0.15) is 5.60 Å². The third kappa shape index (κ3) is 2.28. The summed E-state index contributed by atoms with van der Waals surface area (Å²) in [4.78, 5) is 4.59. The lowest BCUT2D eigenvalue weighted by Crippen LogP contribution is -2.36. The topological polar surface area (TPSA) is 69.4 Å². The highest BCUT2D eigenvalue weighted by Crippen LogP contribution is 2.35. The number of rotatable bonds is 3. The first kappa shape index (κ1) is 13.0. The van der Waals surface area contributed by atoms with Crippen LogP contribution in [-0.4, -0.2) is 37.0 Å². The minimum absolute atomic E-state index is 0.176. The SMILES string of the molecule is COC1(c2noc(C3NCCC3C)n2)CCOCC1. The summed E-state index contributed by atoms with van der Waals surface area (Å²) in [5.41, 5.74) is -0.443. The predicted molar refractivity (Wildman–Crippen MR) is 67.6 cm³/mol. The van der Waals surface area contributed by atoms with Crippen molar-refractivity contribution >= 4 is 0 Å². The van der Waals surface area contributed by atoms with Crippen LogP contribution >= 0.6 is 0 Å². The van der Waals surface area contributed by atoms with Crippen LogP contribution in [0.1, 0.15) is 43.9 Å². The number of methoxy groups -OCH3 is 1. The molecule has 106 valence electrons. The lowest BCUT2D eigenvalue weighted by Gasteiger charge is -2.32. The predicted octanol–water partition coefficient (Wildman–Crippen LogP) is 1.39. The average molecular weight is 267 g/mol. The normalized spacial score (nSPS) is 30.6. The number of hydrogen-bond acceptors (Lipinski definition) is 6. The maximum atomic E-state index is 5.68. The highest BCUT2D eigenvalue weighted by atomic mass is 16.5. The third-order valence-electron chi connectivity index (χ3n) is 4.34. The van der Waals surface area contributed by atoms with E-state index in [1.165, 1.54) is 0 Å². The van der Waals surface area contributed by atoms with Crippen molar-refractivity contribution in [2.45, 2.75) is 37.8 Å². The molecule has 6 heteroatoms. The molecule has 3 rings (SSSR count). The fourth-order valence-corrected chi connectivity index (χ4v) is 2.93. The van der Waals surface area contributed by atoms with Gasteiger partial charge in [-0.2, -0.15) is 4.98 Å².